The summed E-state index contributed by atoms with van der Waals surface area (Å²) in [5, 5.41) is 12.7. The van der Waals surface area contributed by atoms with E-state index in [0.29, 0.717) is 0 Å². The van der Waals surface area contributed by atoms with Crippen LogP contribution < -0.4 is 16.3 Å². The molecule has 0 radical (unpaired) electrons. The molecule has 2 rings (SSSR count). The molecule has 1 aliphatic heterocycles. The first-order valence-electron chi connectivity index (χ1n) is 8.31. The molecular weight excluding hydrogens is 393 g/mol. The Labute approximate surface area is 160 Å². The van der Waals surface area contributed by atoms with Crippen LogP contribution in [0.1, 0.15) is 25.1 Å². The number of esters is 1. The monoisotopic (exact) mass is 415 g/mol. The zero-order valence-corrected chi connectivity index (χ0v) is 16.5. The summed E-state index contributed by atoms with van der Waals surface area (Å²) in [5.41, 5.74) is -1.49. The summed E-state index contributed by atoms with van der Waals surface area (Å²) in [5.74, 6) is 1.55. The SMILES string of the molecule is C#Cc1cn([C@H]2C[C@@H](O)[C@@H](COP(C)(=O)N[C@@H](C)C(=O)OC)O2)c(=O)[nH]c1=O. The lowest BCUT2D eigenvalue weighted by Gasteiger charge is -2.22. The van der Waals surface area contributed by atoms with Crippen molar-refractivity contribution in [2.75, 3.05) is 20.4 Å². The van der Waals surface area contributed by atoms with Crippen LogP contribution >= 0.6 is 7.52 Å². The van der Waals surface area contributed by atoms with Gasteiger partial charge in [0.05, 0.1) is 19.8 Å². The van der Waals surface area contributed by atoms with Gasteiger partial charge < -0.3 is 19.1 Å². The van der Waals surface area contributed by atoms with E-state index in [1.807, 2.05) is 0 Å². The Morgan fingerprint density at radius 3 is 2.89 bits per heavy atom. The smallest absolute Gasteiger partial charge is 0.330 e. The lowest BCUT2D eigenvalue weighted by Crippen LogP contribution is -2.34. The van der Waals surface area contributed by atoms with Crippen molar-refractivity contribution < 1.29 is 28.5 Å². The second kappa shape index (κ2) is 8.86. The van der Waals surface area contributed by atoms with E-state index in [2.05, 4.69) is 20.7 Å². The highest BCUT2D eigenvalue weighted by atomic mass is 31.2. The fourth-order valence-electron chi connectivity index (χ4n) is 2.67. The zero-order valence-electron chi connectivity index (χ0n) is 15.6. The van der Waals surface area contributed by atoms with Crippen LogP contribution in [0, 0.1) is 12.3 Å². The molecule has 0 bridgehead atoms. The molecule has 0 saturated carbocycles. The highest BCUT2D eigenvalue weighted by molar-refractivity contribution is 7.56. The predicted octanol–water partition coefficient (Wildman–Crippen LogP) is -0.843. The van der Waals surface area contributed by atoms with Gasteiger partial charge in [0.1, 0.15) is 23.9 Å². The standard InChI is InChI=1S/C16H22N3O8P/c1-5-10-7-19(16(23)17-14(10)21)13-6-11(20)12(27-13)8-26-28(4,24)18-9(2)15(22)25-3/h1,7,9,11-13,20H,6,8H2,2-4H3,(H,18,24)(H,17,21,23)/t9-,11+,12+,13+,28?/m0/s1. The van der Waals surface area contributed by atoms with Gasteiger partial charge in [-0.3, -0.25) is 23.7 Å². The summed E-state index contributed by atoms with van der Waals surface area (Å²) in [6.45, 7) is 2.48. The molecule has 1 saturated heterocycles. The number of aromatic amines is 1. The summed E-state index contributed by atoms with van der Waals surface area (Å²) < 4.78 is 29.0. The lowest BCUT2D eigenvalue weighted by molar-refractivity contribution is -0.142. The number of carbonyl (C=O) groups excluding carboxylic acids is 1. The van der Waals surface area contributed by atoms with Crippen molar-refractivity contribution in [2.45, 2.75) is 37.8 Å². The number of terminal acetylenes is 1. The number of nitrogens with zero attached hydrogens (tertiary/aromatic N) is 1. The van der Waals surface area contributed by atoms with Crippen molar-refractivity contribution in [3.63, 3.8) is 0 Å². The minimum atomic E-state index is -3.40. The van der Waals surface area contributed by atoms with Crippen LogP contribution in [0.25, 0.3) is 0 Å². The van der Waals surface area contributed by atoms with E-state index in [4.69, 9.17) is 15.7 Å². The van der Waals surface area contributed by atoms with Crippen molar-refractivity contribution >= 4 is 13.5 Å². The molecule has 1 fully saturated rings. The van der Waals surface area contributed by atoms with Gasteiger partial charge >= 0.3 is 11.7 Å². The van der Waals surface area contributed by atoms with Gasteiger partial charge in [0, 0.05) is 19.3 Å². The van der Waals surface area contributed by atoms with E-state index in [9.17, 15) is 24.1 Å². The first-order chi connectivity index (χ1) is 13.1. The molecule has 0 amide bonds. The third-order valence-electron chi connectivity index (χ3n) is 4.11. The minimum Gasteiger partial charge on any atom is -0.468 e. The number of aromatic nitrogens is 2. The molecule has 1 aliphatic rings. The summed E-state index contributed by atoms with van der Waals surface area (Å²) in [7, 11) is -2.20. The number of rotatable bonds is 7. The number of nitrogens with one attached hydrogen (secondary N) is 2. The molecule has 1 aromatic heterocycles. The Kier molecular flexibility index (Phi) is 6.98. The molecule has 28 heavy (non-hydrogen) atoms. The maximum atomic E-state index is 12.4. The number of aliphatic hydroxyl groups excluding tert-OH is 1. The Morgan fingerprint density at radius 2 is 2.29 bits per heavy atom. The summed E-state index contributed by atoms with van der Waals surface area (Å²) in [6, 6.07) is -0.857. The van der Waals surface area contributed by atoms with Gasteiger partial charge in [-0.25, -0.2) is 9.88 Å². The van der Waals surface area contributed by atoms with Gasteiger partial charge in [0.15, 0.2) is 0 Å². The van der Waals surface area contributed by atoms with E-state index in [0.717, 1.165) is 4.57 Å². The molecule has 1 unspecified atom stereocenters. The normalized spacial score (nSPS) is 24.9. The third kappa shape index (κ3) is 5.19. The fraction of sp³-hybridized carbons (Fsp3) is 0.562. The molecule has 12 heteroatoms. The summed E-state index contributed by atoms with van der Waals surface area (Å²) in [4.78, 5) is 37.0. The lowest BCUT2D eigenvalue weighted by atomic mass is 10.2. The second-order valence-corrected chi connectivity index (χ2v) is 8.51. The molecule has 3 N–H and O–H groups in total. The molecule has 0 aliphatic carbocycles. The van der Waals surface area contributed by atoms with Crippen molar-refractivity contribution in [3.8, 4) is 12.3 Å². The van der Waals surface area contributed by atoms with E-state index in [1.165, 1.54) is 26.9 Å². The van der Waals surface area contributed by atoms with Crippen LogP contribution in [0.15, 0.2) is 15.8 Å². The van der Waals surface area contributed by atoms with Crippen LogP contribution in [0.3, 0.4) is 0 Å². The van der Waals surface area contributed by atoms with Crippen molar-refractivity contribution in [2.24, 2.45) is 0 Å². The van der Waals surface area contributed by atoms with Crippen LogP contribution in [-0.2, 0) is 23.4 Å². The molecule has 154 valence electrons. The van der Waals surface area contributed by atoms with Crippen LogP contribution in [-0.4, -0.2) is 59.3 Å². The molecular formula is C16H22N3O8P. The van der Waals surface area contributed by atoms with E-state index in [1.54, 1.807) is 0 Å². The number of ether oxygens (including phenoxy) is 2. The minimum absolute atomic E-state index is 0.0317. The Bertz CT molecular complexity index is 933. The molecule has 2 heterocycles. The largest absolute Gasteiger partial charge is 0.468 e. The number of hydrogen-bond donors (Lipinski definition) is 3. The second-order valence-electron chi connectivity index (χ2n) is 6.30. The fourth-order valence-corrected chi connectivity index (χ4v) is 3.99. The van der Waals surface area contributed by atoms with Crippen molar-refractivity contribution in [1.82, 2.24) is 14.6 Å². The summed E-state index contributed by atoms with van der Waals surface area (Å²) in [6.07, 6.45) is 3.63. The average molecular weight is 415 g/mol. The Morgan fingerprint density at radius 1 is 1.61 bits per heavy atom. The highest BCUT2D eigenvalue weighted by Gasteiger charge is 2.37. The highest BCUT2D eigenvalue weighted by Crippen LogP contribution is 2.40. The van der Waals surface area contributed by atoms with Crippen molar-refractivity contribution in [1.29, 1.82) is 0 Å². The third-order valence-corrected chi connectivity index (χ3v) is 5.60. The summed E-state index contributed by atoms with van der Waals surface area (Å²) >= 11 is 0. The van der Waals surface area contributed by atoms with E-state index in [-0.39, 0.29) is 18.6 Å². The molecule has 1 aromatic rings. The topological polar surface area (TPSA) is 149 Å². The number of hydrogen-bond acceptors (Lipinski definition) is 8. The van der Waals surface area contributed by atoms with E-state index >= 15 is 0 Å². The average Bonchev–Trinajstić information content (AvgIpc) is 2.99. The Balaban J connectivity index is 2.04. The van der Waals surface area contributed by atoms with Crippen LogP contribution in [0.5, 0.6) is 0 Å². The van der Waals surface area contributed by atoms with E-state index < -0.39 is 49.2 Å². The van der Waals surface area contributed by atoms with Crippen molar-refractivity contribution in [3.05, 3.63) is 32.6 Å². The molecule has 11 nitrogen and oxygen atoms in total. The number of H-pyrrole nitrogens is 1. The van der Waals surface area contributed by atoms with Gasteiger partial charge in [-0.1, -0.05) is 5.92 Å². The quantitative estimate of drug-likeness (QED) is 0.294. The van der Waals surface area contributed by atoms with Gasteiger partial charge in [0.2, 0.25) is 0 Å². The number of aliphatic hydroxyl groups is 1. The van der Waals surface area contributed by atoms with Crippen LogP contribution in [0.4, 0.5) is 0 Å². The zero-order chi connectivity index (χ0) is 21.1. The van der Waals surface area contributed by atoms with Gasteiger partial charge in [-0.15, -0.1) is 6.42 Å². The molecule has 5 atom stereocenters. The van der Waals surface area contributed by atoms with Gasteiger partial charge in [-0.2, -0.15) is 0 Å². The maximum Gasteiger partial charge on any atom is 0.330 e. The first-order valence-corrected chi connectivity index (χ1v) is 10.4. The molecule has 0 aromatic carbocycles. The van der Waals surface area contributed by atoms with Gasteiger partial charge in [-0.05, 0) is 6.92 Å². The Hall–Kier alpha value is -2.22. The molecule has 0 spiro atoms. The first kappa shape index (κ1) is 22.1. The van der Waals surface area contributed by atoms with Gasteiger partial charge in [0.25, 0.3) is 13.1 Å². The predicted molar refractivity (Wildman–Crippen MR) is 97.9 cm³/mol. The maximum absolute atomic E-state index is 12.4. The van der Waals surface area contributed by atoms with Crippen LogP contribution in [0.2, 0.25) is 0 Å². The number of carbonyl (C=O) groups is 1. The number of methoxy groups -OCH3 is 1.